The quantitative estimate of drug-likeness (QED) is 0.805. The molecule has 0 radical (unpaired) electrons. The Morgan fingerprint density at radius 1 is 1.71 bits per heavy atom. The van der Waals surface area contributed by atoms with Crippen LogP contribution in [0.3, 0.4) is 0 Å². The molecule has 1 aliphatic carbocycles. The number of aryl methyl sites for hydroxylation is 1. The van der Waals surface area contributed by atoms with Gasteiger partial charge in [-0.05, 0) is 34.7 Å². The van der Waals surface area contributed by atoms with Crippen molar-refractivity contribution in [2.24, 2.45) is 13.0 Å². The van der Waals surface area contributed by atoms with Gasteiger partial charge in [-0.25, -0.2) is 4.68 Å². The van der Waals surface area contributed by atoms with Crippen molar-refractivity contribution in [2.75, 3.05) is 0 Å². The highest BCUT2D eigenvalue weighted by atomic mass is 79.9. The fraction of sp³-hybridized carbons (Fsp3) is 0.625. The molecule has 76 valence electrons. The Labute approximate surface area is 89.2 Å². The minimum absolute atomic E-state index is 0.129. The molecule has 1 heterocycles. The summed E-state index contributed by atoms with van der Waals surface area (Å²) in [6, 6.07) is 0. The van der Waals surface area contributed by atoms with Crippen LogP contribution in [0.15, 0.2) is 4.60 Å². The van der Waals surface area contributed by atoms with Gasteiger partial charge in [-0.2, -0.15) is 0 Å². The SMILES string of the molecule is Cn1nnc(Br)c1C(=O)C(O)C1CC1. The van der Waals surface area contributed by atoms with Crippen LogP contribution in [0.5, 0.6) is 0 Å². The van der Waals surface area contributed by atoms with E-state index in [1.165, 1.54) is 4.68 Å². The van der Waals surface area contributed by atoms with E-state index in [4.69, 9.17) is 0 Å². The van der Waals surface area contributed by atoms with Crippen LogP contribution in [0.1, 0.15) is 23.3 Å². The lowest BCUT2D eigenvalue weighted by Crippen LogP contribution is -2.25. The van der Waals surface area contributed by atoms with Gasteiger partial charge in [-0.15, -0.1) is 5.10 Å². The summed E-state index contributed by atoms with van der Waals surface area (Å²) >= 11 is 3.13. The minimum Gasteiger partial charge on any atom is -0.385 e. The molecule has 14 heavy (non-hydrogen) atoms. The van der Waals surface area contributed by atoms with Crippen LogP contribution < -0.4 is 0 Å². The van der Waals surface area contributed by atoms with E-state index in [-0.39, 0.29) is 11.7 Å². The van der Waals surface area contributed by atoms with Crippen LogP contribution >= 0.6 is 15.9 Å². The van der Waals surface area contributed by atoms with Gasteiger partial charge in [0.05, 0.1) is 0 Å². The Hall–Kier alpha value is -0.750. The lowest BCUT2D eigenvalue weighted by molar-refractivity contribution is 0.0692. The van der Waals surface area contributed by atoms with E-state index in [1.807, 2.05) is 0 Å². The molecule has 0 saturated heterocycles. The zero-order valence-electron chi connectivity index (χ0n) is 7.64. The highest BCUT2D eigenvalue weighted by molar-refractivity contribution is 9.10. The highest BCUT2D eigenvalue weighted by Gasteiger charge is 2.37. The van der Waals surface area contributed by atoms with Crippen molar-refractivity contribution >= 4 is 21.7 Å². The minimum atomic E-state index is -0.900. The normalized spacial score (nSPS) is 18.2. The van der Waals surface area contributed by atoms with Crippen LogP contribution in [0.25, 0.3) is 0 Å². The second kappa shape index (κ2) is 3.43. The highest BCUT2D eigenvalue weighted by Crippen LogP contribution is 2.34. The number of ketones is 1. The van der Waals surface area contributed by atoms with Crippen molar-refractivity contribution in [3.05, 3.63) is 10.3 Å². The molecular formula is C8H10BrN3O2. The van der Waals surface area contributed by atoms with Crippen LogP contribution in [-0.4, -0.2) is 32.0 Å². The van der Waals surface area contributed by atoms with Crippen molar-refractivity contribution < 1.29 is 9.90 Å². The molecule has 6 heteroatoms. The number of nitrogens with zero attached hydrogens (tertiary/aromatic N) is 3. The van der Waals surface area contributed by atoms with E-state index in [1.54, 1.807) is 7.05 Å². The van der Waals surface area contributed by atoms with E-state index >= 15 is 0 Å². The van der Waals surface area contributed by atoms with E-state index in [0.29, 0.717) is 10.3 Å². The van der Waals surface area contributed by atoms with Crippen molar-refractivity contribution in [1.82, 2.24) is 15.0 Å². The zero-order valence-corrected chi connectivity index (χ0v) is 9.23. The van der Waals surface area contributed by atoms with Gasteiger partial charge in [-0.3, -0.25) is 4.79 Å². The standard InChI is InChI=1S/C8H10BrN3O2/c1-12-5(8(9)10-11-12)7(14)6(13)4-2-3-4/h4,6,13H,2-3H2,1H3. The number of hydrogen-bond acceptors (Lipinski definition) is 4. The van der Waals surface area contributed by atoms with Gasteiger partial charge in [0.15, 0.2) is 4.60 Å². The zero-order chi connectivity index (χ0) is 10.3. The number of Topliss-reactive ketones (excluding diaryl/α,β-unsaturated/α-hetero) is 1. The molecule has 0 aliphatic heterocycles. The third-order valence-corrected chi connectivity index (χ3v) is 2.89. The number of rotatable bonds is 3. The maximum Gasteiger partial charge on any atom is 0.212 e. The summed E-state index contributed by atoms with van der Waals surface area (Å²) in [4.78, 5) is 11.7. The summed E-state index contributed by atoms with van der Waals surface area (Å²) < 4.78 is 1.77. The second-order valence-electron chi connectivity index (χ2n) is 3.50. The van der Waals surface area contributed by atoms with Gasteiger partial charge in [0.25, 0.3) is 0 Å². The van der Waals surface area contributed by atoms with Gasteiger partial charge in [0, 0.05) is 7.05 Å². The Kier molecular flexibility index (Phi) is 2.40. The molecule has 2 rings (SSSR count). The van der Waals surface area contributed by atoms with E-state index in [9.17, 15) is 9.90 Å². The molecular weight excluding hydrogens is 250 g/mol. The first kappa shape index (κ1) is 9.79. The summed E-state index contributed by atoms with van der Waals surface area (Å²) in [6.07, 6.45) is 0.953. The molecule has 1 aliphatic rings. The van der Waals surface area contributed by atoms with Crippen molar-refractivity contribution in [3.8, 4) is 0 Å². The largest absolute Gasteiger partial charge is 0.385 e. The lowest BCUT2D eigenvalue weighted by Gasteiger charge is -2.07. The van der Waals surface area contributed by atoms with Crippen molar-refractivity contribution in [3.63, 3.8) is 0 Å². The molecule has 0 aromatic carbocycles. The van der Waals surface area contributed by atoms with Crippen molar-refractivity contribution in [1.29, 1.82) is 0 Å². The van der Waals surface area contributed by atoms with Crippen LogP contribution in [0.2, 0.25) is 0 Å². The molecule has 0 bridgehead atoms. The van der Waals surface area contributed by atoms with Gasteiger partial charge in [-0.1, -0.05) is 5.21 Å². The Balaban J connectivity index is 2.25. The average molecular weight is 260 g/mol. The Bertz CT molecular complexity index is 353. The van der Waals surface area contributed by atoms with Crippen LogP contribution in [-0.2, 0) is 7.05 Å². The number of halogens is 1. The molecule has 1 aromatic rings. The van der Waals surface area contributed by atoms with Gasteiger partial charge in [0.2, 0.25) is 5.78 Å². The molecule has 0 spiro atoms. The third-order valence-electron chi connectivity index (χ3n) is 2.36. The topological polar surface area (TPSA) is 68.0 Å². The third kappa shape index (κ3) is 1.59. The van der Waals surface area contributed by atoms with E-state index in [2.05, 4.69) is 26.2 Å². The Morgan fingerprint density at radius 3 is 2.79 bits per heavy atom. The summed E-state index contributed by atoms with van der Waals surface area (Å²) in [7, 11) is 1.63. The first-order valence-corrected chi connectivity index (χ1v) is 5.18. The monoisotopic (exact) mass is 259 g/mol. The molecule has 1 unspecified atom stereocenters. The fourth-order valence-corrected chi connectivity index (χ4v) is 1.88. The maximum absolute atomic E-state index is 11.7. The first-order chi connectivity index (χ1) is 6.61. The van der Waals surface area contributed by atoms with E-state index < -0.39 is 6.10 Å². The number of carbonyl (C=O) groups excluding carboxylic acids is 1. The van der Waals surface area contributed by atoms with Gasteiger partial charge in [0.1, 0.15) is 11.8 Å². The Morgan fingerprint density at radius 2 is 2.36 bits per heavy atom. The van der Waals surface area contributed by atoms with Crippen LogP contribution in [0, 0.1) is 5.92 Å². The van der Waals surface area contributed by atoms with Gasteiger partial charge >= 0.3 is 0 Å². The number of aromatic nitrogens is 3. The molecule has 1 fully saturated rings. The fourth-order valence-electron chi connectivity index (χ4n) is 1.36. The number of aliphatic hydroxyl groups excluding tert-OH is 1. The molecule has 1 atom stereocenters. The number of aliphatic hydroxyl groups is 1. The number of hydrogen-bond donors (Lipinski definition) is 1. The summed E-state index contributed by atoms with van der Waals surface area (Å²) in [6.45, 7) is 0. The van der Waals surface area contributed by atoms with Gasteiger partial charge < -0.3 is 5.11 Å². The first-order valence-electron chi connectivity index (χ1n) is 4.38. The molecule has 0 amide bonds. The lowest BCUT2D eigenvalue weighted by atomic mass is 10.1. The summed E-state index contributed by atoms with van der Waals surface area (Å²) in [5.74, 6) is -0.170. The summed E-state index contributed by atoms with van der Waals surface area (Å²) in [5, 5.41) is 17.0. The molecule has 1 N–H and O–H groups in total. The van der Waals surface area contributed by atoms with E-state index in [0.717, 1.165) is 12.8 Å². The molecule has 5 nitrogen and oxygen atoms in total. The molecule has 1 saturated carbocycles. The molecule has 1 aromatic heterocycles. The van der Waals surface area contributed by atoms with Crippen LogP contribution in [0.4, 0.5) is 0 Å². The smallest absolute Gasteiger partial charge is 0.212 e. The van der Waals surface area contributed by atoms with Crippen molar-refractivity contribution in [2.45, 2.75) is 18.9 Å². The predicted octanol–water partition coefficient (Wildman–Crippen LogP) is 0.531. The number of carbonyl (C=O) groups is 1. The maximum atomic E-state index is 11.7. The summed E-state index contributed by atoms with van der Waals surface area (Å²) in [5.41, 5.74) is 0.337. The second-order valence-corrected chi connectivity index (χ2v) is 4.25. The average Bonchev–Trinajstić information content (AvgIpc) is 2.92. The predicted molar refractivity (Wildman–Crippen MR) is 51.8 cm³/mol.